The van der Waals surface area contributed by atoms with Crippen LogP contribution < -0.4 is 5.32 Å². The Balaban J connectivity index is 1.78. The van der Waals surface area contributed by atoms with Crippen molar-refractivity contribution in [2.45, 2.75) is 37.7 Å². The van der Waals surface area contributed by atoms with E-state index in [1.807, 2.05) is 37.4 Å². The van der Waals surface area contributed by atoms with E-state index >= 15 is 0 Å². The average Bonchev–Trinajstić information content (AvgIpc) is 2.67. The van der Waals surface area contributed by atoms with E-state index in [1.165, 1.54) is 6.92 Å². The standard InChI is InChI=1S/C21H23NO4S/c1-14-4-8-17(9-5-14)22-21(25)15(2)26-20(24)13-12-19(23)16-6-10-18(27-3)11-7-16/h4-11,15H,12-13H2,1-3H3,(H,22,25). The summed E-state index contributed by atoms with van der Waals surface area (Å²) in [4.78, 5) is 37.2. The number of amides is 1. The molecule has 0 aliphatic carbocycles. The summed E-state index contributed by atoms with van der Waals surface area (Å²) >= 11 is 1.59. The third-order valence-corrected chi connectivity index (χ3v) is 4.71. The monoisotopic (exact) mass is 385 g/mol. The van der Waals surface area contributed by atoms with E-state index in [0.717, 1.165) is 10.5 Å². The SMILES string of the molecule is CSc1ccc(C(=O)CCC(=O)OC(C)C(=O)Nc2ccc(C)cc2)cc1. The van der Waals surface area contributed by atoms with E-state index in [2.05, 4.69) is 5.32 Å². The average molecular weight is 385 g/mol. The highest BCUT2D eigenvalue weighted by Crippen LogP contribution is 2.16. The minimum atomic E-state index is -0.935. The fourth-order valence-electron chi connectivity index (χ4n) is 2.33. The molecule has 1 N–H and O–H groups in total. The Morgan fingerprint density at radius 1 is 1.00 bits per heavy atom. The van der Waals surface area contributed by atoms with Crippen LogP contribution in [-0.2, 0) is 14.3 Å². The number of anilines is 1. The van der Waals surface area contributed by atoms with Gasteiger partial charge in [0.1, 0.15) is 0 Å². The highest BCUT2D eigenvalue weighted by Gasteiger charge is 2.19. The van der Waals surface area contributed by atoms with Crippen molar-refractivity contribution in [1.82, 2.24) is 0 Å². The minimum absolute atomic E-state index is 0.0454. The molecule has 142 valence electrons. The Kier molecular flexibility index (Phi) is 7.61. The summed E-state index contributed by atoms with van der Waals surface area (Å²) in [6.07, 6.45) is 1.01. The summed E-state index contributed by atoms with van der Waals surface area (Å²) in [6.45, 7) is 3.46. The van der Waals surface area contributed by atoms with Crippen LogP contribution in [-0.4, -0.2) is 30.0 Å². The zero-order valence-corrected chi connectivity index (χ0v) is 16.5. The molecule has 0 spiro atoms. The molecule has 2 rings (SSSR count). The quantitative estimate of drug-likeness (QED) is 0.418. The lowest BCUT2D eigenvalue weighted by Crippen LogP contribution is -2.30. The maximum atomic E-state index is 12.1. The highest BCUT2D eigenvalue weighted by molar-refractivity contribution is 7.98. The van der Waals surface area contributed by atoms with Gasteiger partial charge in [0.15, 0.2) is 11.9 Å². The van der Waals surface area contributed by atoms with Gasteiger partial charge in [0, 0.05) is 22.6 Å². The first-order valence-electron chi connectivity index (χ1n) is 8.63. The molecule has 1 atom stereocenters. The molecule has 0 saturated heterocycles. The van der Waals surface area contributed by atoms with Gasteiger partial charge in [-0.15, -0.1) is 11.8 Å². The molecule has 5 nitrogen and oxygen atoms in total. The molecule has 0 aromatic heterocycles. The number of rotatable bonds is 8. The van der Waals surface area contributed by atoms with E-state index in [4.69, 9.17) is 4.74 Å². The van der Waals surface area contributed by atoms with Crippen LogP contribution in [0.1, 0.15) is 35.7 Å². The third kappa shape index (κ3) is 6.57. The van der Waals surface area contributed by atoms with Crippen molar-refractivity contribution >= 4 is 35.1 Å². The number of carbonyl (C=O) groups is 3. The van der Waals surface area contributed by atoms with Gasteiger partial charge in [-0.1, -0.05) is 29.8 Å². The first-order chi connectivity index (χ1) is 12.9. The Bertz CT molecular complexity index is 800. The van der Waals surface area contributed by atoms with E-state index in [-0.39, 0.29) is 18.6 Å². The molecule has 0 saturated carbocycles. The van der Waals surface area contributed by atoms with Crippen LogP contribution in [0.3, 0.4) is 0 Å². The summed E-state index contributed by atoms with van der Waals surface area (Å²) in [6, 6.07) is 14.6. The van der Waals surface area contributed by atoms with Gasteiger partial charge in [-0.05, 0) is 44.4 Å². The smallest absolute Gasteiger partial charge is 0.307 e. The molecule has 0 radical (unpaired) electrons. The number of esters is 1. The molecule has 1 amide bonds. The third-order valence-electron chi connectivity index (χ3n) is 3.96. The van der Waals surface area contributed by atoms with E-state index in [1.54, 1.807) is 36.0 Å². The number of aryl methyl sites for hydroxylation is 1. The van der Waals surface area contributed by atoms with Crippen molar-refractivity contribution in [3.8, 4) is 0 Å². The summed E-state index contributed by atoms with van der Waals surface area (Å²) in [7, 11) is 0. The van der Waals surface area contributed by atoms with Crippen molar-refractivity contribution < 1.29 is 19.1 Å². The lowest BCUT2D eigenvalue weighted by Gasteiger charge is -2.13. The van der Waals surface area contributed by atoms with Gasteiger partial charge >= 0.3 is 5.97 Å². The van der Waals surface area contributed by atoms with Crippen LogP contribution in [0, 0.1) is 6.92 Å². The fraction of sp³-hybridized carbons (Fsp3) is 0.286. The van der Waals surface area contributed by atoms with Gasteiger partial charge in [0.2, 0.25) is 0 Å². The molecule has 1 unspecified atom stereocenters. The number of ketones is 1. The van der Waals surface area contributed by atoms with E-state index in [0.29, 0.717) is 11.3 Å². The zero-order valence-electron chi connectivity index (χ0n) is 15.7. The van der Waals surface area contributed by atoms with E-state index in [9.17, 15) is 14.4 Å². The number of nitrogens with one attached hydrogen (secondary N) is 1. The second kappa shape index (κ2) is 9.92. The second-order valence-electron chi connectivity index (χ2n) is 6.14. The Morgan fingerprint density at radius 2 is 1.63 bits per heavy atom. The van der Waals surface area contributed by atoms with Crippen LogP contribution in [0.25, 0.3) is 0 Å². The molecular weight excluding hydrogens is 362 g/mol. The van der Waals surface area contributed by atoms with Crippen molar-refractivity contribution in [2.75, 3.05) is 11.6 Å². The van der Waals surface area contributed by atoms with Crippen molar-refractivity contribution in [3.63, 3.8) is 0 Å². The number of thioether (sulfide) groups is 1. The molecular formula is C21H23NO4S. The van der Waals surface area contributed by atoms with Crippen LogP contribution in [0.5, 0.6) is 0 Å². The van der Waals surface area contributed by atoms with Crippen LogP contribution in [0.4, 0.5) is 5.69 Å². The Morgan fingerprint density at radius 3 is 2.22 bits per heavy atom. The molecule has 27 heavy (non-hydrogen) atoms. The number of ether oxygens (including phenoxy) is 1. The molecule has 2 aromatic rings. The van der Waals surface area contributed by atoms with Crippen LogP contribution in [0.2, 0.25) is 0 Å². The molecule has 0 aliphatic rings. The van der Waals surface area contributed by atoms with Gasteiger partial charge in [-0.2, -0.15) is 0 Å². The zero-order chi connectivity index (χ0) is 19.8. The van der Waals surface area contributed by atoms with E-state index < -0.39 is 18.0 Å². The van der Waals surface area contributed by atoms with Crippen LogP contribution >= 0.6 is 11.8 Å². The topological polar surface area (TPSA) is 72.5 Å². The number of hydrogen-bond donors (Lipinski definition) is 1. The summed E-state index contributed by atoms with van der Waals surface area (Å²) < 4.78 is 5.12. The first kappa shape index (κ1) is 20.7. The van der Waals surface area contributed by atoms with Crippen molar-refractivity contribution in [3.05, 3.63) is 59.7 Å². The highest BCUT2D eigenvalue weighted by atomic mass is 32.2. The number of benzene rings is 2. The molecule has 0 heterocycles. The summed E-state index contributed by atoms with van der Waals surface area (Å²) in [5.41, 5.74) is 2.28. The molecule has 0 bridgehead atoms. The normalized spacial score (nSPS) is 11.5. The lowest BCUT2D eigenvalue weighted by atomic mass is 10.1. The van der Waals surface area contributed by atoms with Gasteiger partial charge in [-0.3, -0.25) is 14.4 Å². The van der Waals surface area contributed by atoms with Gasteiger partial charge < -0.3 is 10.1 Å². The molecule has 0 aliphatic heterocycles. The Hall–Kier alpha value is -2.60. The maximum absolute atomic E-state index is 12.1. The lowest BCUT2D eigenvalue weighted by molar-refractivity contribution is -0.153. The van der Waals surface area contributed by atoms with Crippen molar-refractivity contribution in [1.29, 1.82) is 0 Å². The molecule has 0 fully saturated rings. The fourth-order valence-corrected chi connectivity index (χ4v) is 2.74. The maximum Gasteiger partial charge on any atom is 0.307 e. The predicted octanol–water partition coefficient (Wildman–Crippen LogP) is 4.25. The predicted molar refractivity (Wildman–Crippen MR) is 107 cm³/mol. The summed E-state index contributed by atoms with van der Waals surface area (Å²) in [5, 5.41) is 2.69. The van der Waals surface area contributed by atoms with Crippen LogP contribution in [0.15, 0.2) is 53.4 Å². The number of hydrogen-bond acceptors (Lipinski definition) is 5. The second-order valence-corrected chi connectivity index (χ2v) is 7.02. The summed E-state index contributed by atoms with van der Waals surface area (Å²) in [5.74, 6) is -1.11. The number of Topliss-reactive ketones (excluding diaryl/α,β-unsaturated/α-hetero) is 1. The van der Waals surface area contributed by atoms with Gasteiger partial charge in [0.05, 0.1) is 6.42 Å². The van der Waals surface area contributed by atoms with Gasteiger partial charge in [0.25, 0.3) is 5.91 Å². The van der Waals surface area contributed by atoms with Gasteiger partial charge in [-0.25, -0.2) is 0 Å². The Labute approximate surface area is 163 Å². The number of carbonyl (C=O) groups excluding carboxylic acids is 3. The first-order valence-corrected chi connectivity index (χ1v) is 9.86. The molecule has 2 aromatic carbocycles. The largest absolute Gasteiger partial charge is 0.453 e. The minimum Gasteiger partial charge on any atom is -0.453 e. The molecule has 6 heteroatoms. The van der Waals surface area contributed by atoms with Crippen molar-refractivity contribution in [2.24, 2.45) is 0 Å².